The first-order chi connectivity index (χ1) is 9.22. The summed E-state index contributed by atoms with van der Waals surface area (Å²) in [6.07, 6.45) is 0. The molecule has 0 aliphatic heterocycles. The number of furan rings is 1. The van der Waals surface area contributed by atoms with Crippen molar-refractivity contribution in [2.24, 2.45) is 0 Å². The van der Waals surface area contributed by atoms with Crippen LogP contribution >= 0.6 is 27.5 Å². The first kappa shape index (κ1) is 12.6. The maximum atomic E-state index is 5.91. The second kappa shape index (κ2) is 5.27. The SMILES string of the molecule is Clc1ccc(NCc2cc3ccccc3o2)c(Br)c1. The Morgan fingerprint density at radius 3 is 2.74 bits per heavy atom. The number of rotatable bonds is 3. The van der Waals surface area contributed by atoms with Crippen LogP contribution in [0.3, 0.4) is 0 Å². The summed E-state index contributed by atoms with van der Waals surface area (Å²) in [6.45, 7) is 0.634. The van der Waals surface area contributed by atoms with Gasteiger partial charge < -0.3 is 9.73 Å². The average molecular weight is 337 g/mol. The highest BCUT2D eigenvalue weighted by Crippen LogP contribution is 2.27. The van der Waals surface area contributed by atoms with E-state index in [4.69, 9.17) is 16.0 Å². The normalized spacial score (nSPS) is 10.8. The largest absolute Gasteiger partial charge is 0.459 e. The van der Waals surface area contributed by atoms with E-state index in [-0.39, 0.29) is 0 Å². The fraction of sp³-hybridized carbons (Fsp3) is 0.0667. The van der Waals surface area contributed by atoms with Crippen molar-refractivity contribution in [1.82, 2.24) is 0 Å². The molecule has 2 nitrogen and oxygen atoms in total. The van der Waals surface area contributed by atoms with Gasteiger partial charge in [-0.2, -0.15) is 0 Å². The van der Waals surface area contributed by atoms with Gasteiger partial charge in [0.15, 0.2) is 0 Å². The van der Waals surface area contributed by atoms with Crippen LogP contribution in [-0.2, 0) is 6.54 Å². The number of nitrogens with one attached hydrogen (secondary N) is 1. The Hall–Kier alpha value is -1.45. The van der Waals surface area contributed by atoms with E-state index in [2.05, 4.69) is 21.2 Å². The molecule has 0 spiro atoms. The second-order valence-corrected chi connectivity index (χ2v) is 5.52. The molecule has 0 aliphatic rings. The molecule has 0 atom stereocenters. The van der Waals surface area contributed by atoms with E-state index < -0.39 is 0 Å². The van der Waals surface area contributed by atoms with Gasteiger partial charge in [0.25, 0.3) is 0 Å². The van der Waals surface area contributed by atoms with Crippen LogP contribution in [-0.4, -0.2) is 0 Å². The van der Waals surface area contributed by atoms with Crippen molar-refractivity contribution < 1.29 is 4.42 Å². The zero-order valence-corrected chi connectivity index (χ0v) is 12.3. The van der Waals surface area contributed by atoms with Crippen molar-refractivity contribution in [2.45, 2.75) is 6.54 Å². The lowest BCUT2D eigenvalue weighted by Crippen LogP contribution is -1.98. The van der Waals surface area contributed by atoms with Crippen molar-refractivity contribution in [3.05, 3.63) is 63.8 Å². The van der Waals surface area contributed by atoms with Crippen LogP contribution in [0.4, 0.5) is 5.69 Å². The zero-order valence-electron chi connectivity index (χ0n) is 9.99. The third kappa shape index (κ3) is 2.77. The number of anilines is 1. The molecule has 0 amide bonds. The highest BCUT2D eigenvalue weighted by molar-refractivity contribution is 9.10. The Labute approximate surface area is 124 Å². The zero-order chi connectivity index (χ0) is 13.2. The molecule has 3 rings (SSSR count). The van der Waals surface area contributed by atoms with E-state index in [1.165, 1.54) is 0 Å². The lowest BCUT2D eigenvalue weighted by molar-refractivity contribution is 0.559. The summed E-state index contributed by atoms with van der Waals surface area (Å²) in [5.41, 5.74) is 1.90. The Bertz CT molecular complexity index is 690. The molecule has 3 aromatic rings. The molecule has 0 radical (unpaired) electrons. The first-order valence-electron chi connectivity index (χ1n) is 5.89. The van der Waals surface area contributed by atoms with Crippen LogP contribution in [0.2, 0.25) is 5.02 Å². The minimum atomic E-state index is 0.634. The third-order valence-corrected chi connectivity index (χ3v) is 3.75. The van der Waals surface area contributed by atoms with Crippen LogP contribution in [0, 0.1) is 0 Å². The van der Waals surface area contributed by atoms with Gasteiger partial charge in [0.1, 0.15) is 11.3 Å². The van der Waals surface area contributed by atoms with E-state index in [1.54, 1.807) is 0 Å². The first-order valence-corrected chi connectivity index (χ1v) is 7.06. The highest BCUT2D eigenvalue weighted by Gasteiger charge is 2.04. The van der Waals surface area contributed by atoms with E-state index >= 15 is 0 Å². The maximum absolute atomic E-state index is 5.91. The summed E-state index contributed by atoms with van der Waals surface area (Å²) in [5, 5.41) is 5.15. The molecule has 0 unspecified atom stereocenters. The number of para-hydroxylation sites is 1. The predicted molar refractivity (Wildman–Crippen MR) is 82.7 cm³/mol. The van der Waals surface area contributed by atoms with Gasteiger partial charge in [0.2, 0.25) is 0 Å². The summed E-state index contributed by atoms with van der Waals surface area (Å²) in [7, 11) is 0. The van der Waals surface area contributed by atoms with Crippen LogP contribution in [0.1, 0.15) is 5.76 Å². The molecular formula is C15H11BrClNO. The molecule has 0 bridgehead atoms. The number of fused-ring (bicyclic) bond motifs is 1. The molecule has 1 N–H and O–H groups in total. The molecular weight excluding hydrogens is 326 g/mol. The predicted octanol–water partition coefficient (Wildman–Crippen LogP) is 5.46. The second-order valence-electron chi connectivity index (χ2n) is 4.23. The number of hydrogen-bond acceptors (Lipinski definition) is 2. The maximum Gasteiger partial charge on any atom is 0.134 e. The third-order valence-electron chi connectivity index (χ3n) is 2.86. The lowest BCUT2D eigenvalue weighted by atomic mass is 10.2. The van der Waals surface area contributed by atoms with E-state index in [0.29, 0.717) is 11.6 Å². The van der Waals surface area contributed by atoms with Crippen LogP contribution in [0.5, 0.6) is 0 Å². The van der Waals surface area contributed by atoms with Gasteiger partial charge in [-0.1, -0.05) is 29.8 Å². The Morgan fingerprint density at radius 2 is 1.95 bits per heavy atom. The van der Waals surface area contributed by atoms with Gasteiger partial charge in [-0.05, 0) is 46.3 Å². The number of halogens is 2. The van der Waals surface area contributed by atoms with Gasteiger partial charge in [-0.3, -0.25) is 0 Å². The quantitative estimate of drug-likeness (QED) is 0.687. The molecule has 0 fully saturated rings. The molecule has 1 heterocycles. The van der Waals surface area contributed by atoms with Crippen molar-refractivity contribution in [2.75, 3.05) is 5.32 Å². The van der Waals surface area contributed by atoms with Gasteiger partial charge in [-0.25, -0.2) is 0 Å². The summed E-state index contributed by atoms with van der Waals surface area (Å²) >= 11 is 9.39. The number of hydrogen-bond donors (Lipinski definition) is 1. The van der Waals surface area contributed by atoms with Gasteiger partial charge >= 0.3 is 0 Å². The average Bonchev–Trinajstić information content (AvgIpc) is 2.80. The topological polar surface area (TPSA) is 25.2 Å². The fourth-order valence-corrected chi connectivity index (χ4v) is 2.76. The van der Waals surface area contributed by atoms with E-state index in [9.17, 15) is 0 Å². The van der Waals surface area contributed by atoms with Crippen LogP contribution in [0.15, 0.2) is 57.4 Å². The summed E-state index contributed by atoms with van der Waals surface area (Å²) in [6, 6.07) is 15.7. The summed E-state index contributed by atoms with van der Waals surface area (Å²) < 4.78 is 6.69. The van der Waals surface area contributed by atoms with Crippen molar-refractivity contribution >= 4 is 44.2 Å². The minimum Gasteiger partial charge on any atom is -0.459 e. The number of benzene rings is 2. The monoisotopic (exact) mass is 335 g/mol. The molecule has 4 heteroatoms. The van der Waals surface area contributed by atoms with Gasteiger partial charge in [0, 0.05) is 20.6 Å². The van der Waals surface area contributed by atoms with Crippen LogP contribution < -0.4 is 5.32 Å². The van der Waals surface area contributed by atoms with E-state index in [1.807, 2.05) is 48.5 Å². The summed E-state index contributed by atoms with van der Waals surface area (Å²) in [5.74, 6) is 0.906. The molecule has 96 valence electrons. The minimum absolute atomic E-state index is 0.634. The lowest BCUT2D eigenvalue weighted by Gasteiger charge is -2.06. The van der Waals surface area contributed by atoms with Crippen molar-refractivity contribution in [3.63, 3.8) is 0 Å². The van der Waals surface area contributed by atoms with Gasteiger partial charge in [0.05, 0.1) is 6.54 Å². The smallest absolute Gasteiger partial charge is 0.134 e. The summed E-state index contributed by atoms with van der Waals surface area (Å²) in [4.78, 5) is 0. The Kier molecular flexibility index (Phi) is 3.49. The van der Waals surface area contributed by atoms with E-state index in [0.717, 1.165) is 26.9 Å². The Morgan fingerprint density at radius 1 is 1.11 bits per heavy atom. The Balaban J connectivity index is 1.78. The van der Waals surface area contributed by atoms with Gasteiger partial charge in [-0.15, -0.1) is 0 Å². The standard InChI is InChI=1S/C15H11BrClNO/c16-13-8-11(17)5-6-14(13)18-9-12-7-10-3-1-2-4-15(10)19-12/h1-8,18H,9H2. The van der Waals surface area contributed by atoms with Crippen molar-refractivity contribution in [3.8, 4) is 0 Å². The molecule has 19 heavy (non-hydrogen) atoms. The molecule has 0 saturated carbocycles. The van der Waals surface area contributed by atoms with Crippen LogP contribution in [0.25, 0.3) is 11.0 Å². The molecule has 0 saturated heterocycles. The van der Waals surface area contributed by atoms with Crippen molar-refractivity contribution in [1.29, 1.82) is 0 Å². The fourth-order valence-electron chi connectivity index (χ4n) is 1.94. The molecule has 0 aliphatic carbocycles. The highest BCUT2D eigenvalue weighted by atomic mass is 79.9. The molecule has 1 aromatic heterocycles. The molecule has 2 aromatic carbocycles.